The number of hydrogen-bond donors (Lipinski definition) is 1. The third-order valence-electron chi connectivity index (χ3n) is 3.44. The molecule has 1 aromatic carbocycles. The third kappa shape index (κ3) is 3.99. The highest BCUT2D eigenvalue weighted by Crippen LogP contribution is 2.21. The zero-order valence-corrected chi connectivity index (χ0v) is 14.0. The SMILES string of the molecule is COc1ccccc1CNC(=O)CCc1nc(-c2cccs2)no1. The first-order chi connectivity index (χ1) is 11.8. The summed E-state index contributed by atoms with van der Waals surface area (Å²) in [6.45, 7) is 0.424. The molecule has 2 aromatic heterocycles. The van der Waals surface area contributed by atoms with Crippen molar-refractivity contribution in [1.29, 1.82) is 0 Å². The Bertz CT molecular complexity index is 799. The smallest absolute Gasteiger partial charge is 0.227 e. The molecule has 0 fully saturated rings. The minimum absolute atomic E-state index is 0.0724. The highest BCUT2D eigenvalue weighted by molar-refractivity contribution is 7.13. The van der Waals surface area contributed by atoms with Crippen LogP contribution in [0.15, 0.2) is 46.3 Å². The van der Waals surface area contributed by atoms with E-state index < -0.39 is 0 Å². The summed E-state index contributed by atoms with van der Waals surface area (Å²) in [5.41, 5.74) is 0.936. The van der Waals surface area contributed by atoms with Crippen molar-refractivity contribution in [3.63, 3.8) is 0 Å². The maximum absolute atomic E-state index is 12.0. The molecule has 1 amide bonds. The van der Waals surface area contributed by atoms with Crippen molar-refractivity contribution < 1.29 is 14.1 Å². The predicted octanol–water partition coefficient (Wildman–Crippen LogP) is 3.06. The Hall–Kier alpha value is -2.67. The quantitative estimate of drug-likeness (QED) is 0.713. The number of para-hydroxylation sites is 1. The van der Waals surface area contributed by atoms with E-state index in [9.17, 15) is 4.79 Å². The van der Waals surface area contributed by atoms with Gasteiger partial charge in [0, 0.05) is 24.9 Å². The number of hydrogen-bond acceptors (Lipinski definition) is 6. The lowest BCUT2D eigenvalue weighted by Crippen LogP contribution is -2.23. The van der Waals surface area contributed by atoms with E-state index in [2.05, 4.69) is 15.5 Å². The van der Waals surface area contributed by atoms with Crippen molar-refractivity contribution in [2.24, 2.45) is 0 Å². The summed E-state index contributed by atoms with van der Waals surface area (Å²) in [7, 11) is 1.61. The molecule has 0 bridgehead atoms. The second-order valence-corrected chi connectivity index (χ2v) is 6.03. The molecule has 6 nitrogen and oxygen atoms in total. The minimum atomic E-state index is -0.0724. The Labute approximate surface area is 143 Å². The van der Waals surface area contributed by atoms with Gasteiger partial charge >= 0.3 is 0 Å². The molecule has 0 spiro atoms. The van der Waals surface area contributed by atoms with Crippen LogP contribution in [0.2, 0.25) is 0 Å². The molecule has 1 N–H and O–H groups in total. The number of thiophene rings is 1. The first-order valence-corrected chi connectivity index (χ1v) is 8.39. The molecule has 0 aliphatic carbocycles. The summed E-state index contributed by atoms with van der Waals surface area (Å²) in [5, 5.41) is 8.76. The topological polar surface area (TPSA) is 77.2 Å². The van der Waals surface area contributed by atoms with Crippen LogP contribution in [0.25, 0.3) is 10.7 Å². The van der Waals surface area contributed by atoms with Crippen LogP contribution in [0, 0.1) is 0 Å². The lowest BCUT2D eigenvalue weighted by molar-refractivity contribution is -0.121. The lowest BCUT2D eigenvalue weighted by Gasteiger charge is -2.09. The first-order valence-electron chi connectivity index (χ1n) is 7.51. The van der Waals surface area contributed by atoms with Crippen LogP contribution in [0.1, 0.15) is 17.9 Å². The molecule has 0 radical (unpaired) electrons. The Morgan fingerprint density at radius 1 is 1.29 bits per heavy atom. The van der Waals surface area contributed by atoms with Crippen LogP contribution in [0.4, 0.5) is 0 Å². The van der Waals surface area contributed by atoms with E-state index in [0.717, 1.165) is 16.2 Å². The number of nitrogens with one attached hydrogen (secondary N) is 1. The molecule has 0 unspecified atom stereocenters. The number of carbonyl (C=O) groups excluding carboxylic acids is 1. The molecule has 3 rings (SSSR count). The highest BCUT2D eigenvalue weighted by atomic mass is 32.1. The molecule has 0 aliphatic heterocycles. The Balaban J connectivity index is 1.49. The van der Waals surface area contributed by atoms with E-state index in [0.29, 0.717) is 31.1 Å². The highest BCUT2D eigenvalue weighted by Gasteiger charge is 2.11. The van der Waals surface area contributed by atoms with Crippen LogP contribution in [0.3, 0.4) is 0 Å². The van der Waals surface area contributed by atoms with Gasteiger partial charge in [0.2, 0.25) is 17.6 Å². The fourth-order valence-electron chi connectivity index (χ4n) is 2.21. The number of nitrogens with zero attached hydrogens (tertiary/aromatic N) is 2. The average molecular weight is 343 g/mol. The summed E-state index contributed by atoms with van der Waals surface area (Å²) in [6.07, 6.45) is 0.706. The van der Waals surface area contributed by atoms with Crippen LogP contribution in [-0.4, -0.2) is 23.2 Å². The lowest BCUT2D eigenvalue weighted by atomic mass is 10.2. The monoisotopic (exact) mass is 343 g/mol. The van der Waals surface area contributed by atoms with E-state index in [1.165, 1.54) is 0 Å². The molecule has 0 aliphatic rings. The number of methoxy groups -OCH3 is 1. The summed E-state index contributed by atoms with van der Waals surface area (Å²) in [5.74, 6) is 1.72. The first kappa shape index (κ1) is 16.2. The van der Waals surface area contributed by atoms with Gasteiger partial charge in [0.15, 0.2) is 0 Å². The van der Waals surface area contributed by atoms with E-state index in [-0.39, 0.29) is 5.91 Å². The standard InChI is InChI=1S/C17H17N3O3S/c1-22-13-6-3-2-5-12(13)11-18-15(21)8-9-16-19-17(20-23-16)14-7-4-10-24-14/h2-7,10H,8-9,11H2,1H3,(H,18,21). The van der Waals surface area contributed by atoms with Crippen molar-refractivity contribution in [1.82, 2.24) is 15.5 Å². The summed E-state index contributed by atoms with van der Waals surface area (Å²) < 4.78 is 10.4. The molecule has 3 aromatic rings. The van der Waals surface area contributed by atoms with Gasteiger partial charge in [-0.2, -0.15) is 4.98 Å². The van der Waals surface area contributed by atoms with Crippen molar-refractivity contribution in [3.8, 4) is 16.5 Å². The van der Waals surface area contributed by atoms with Gasteiger partial charge < -0.3 is 14.6 Å². The second kappa shape index (κ2) is 7.74. The number of aryl methyl sites for hydroxylation is 1. The van der Waals surface area contributed by atoms with Crippen LogP contribution >= 0.6 is 11.3 Å². The Morgan fingerprint density at radius 3 is 2.96 bits per heavy atom. The number of amides is 1. The van der Waals surface area contributed by atoms with Gasteiger partial charge in [0.05, 0.1) is 12.0 Å². The van der Waals surface area contributed by atoms with Crippen molar-refractivity contribution in [2.45, 2.75) is 19.4 Å². The Morgan fingerprint density at radius 2 is 2.17 bits per heavy atom. The molecular formula is C17H17N3O3S. The van der Waals surface area contributed by atoms with Crippen molar-refractivity contribution in [3.05, 3.63) is 53.2 Å². The summed E-state index contributed by atoms with van der Waals surface area (Å²) in [6, 6.07) is 11.5. The van der Waals surface area contributed by atoms with E-state index in [4.69, 9.17) is 9.26 Å². The predicted molar refractivity (Wildman–Crippen MR) is 90.8 cm³/mol. The molecule has 2 heterocycles. The third-order valence-corrected chi connectivity index (χ3v) is 4.31. The van der Waals surface area contributed by atoms with Gasteiger partial charge in [-0.25, -0.2) is 0 Å². The largest absolute Gasteiger partial charge is 0.496 e. The van der Waals surface area contributed by atoms with Crippen LogP contribution in [0.5, 0.6) is 5.75 Å². The molecule has 7 heteroatoms. The number of benzene rings is 1. The van der Waals surface area contributed by atoms with Gasteiger partial charge in [0.1, 0.15) is 5.75 Å². The maximum atomic E-state index is 12.0. The van der Waals surface area contributed by atoms with Crippen LogP contribution in [-0.2, 0) is 17.8 Å². The van der Waals surface area contributed by atoms with E-state index in [1.807, 2.05) is 41.8 Å². The summed E-state index contributed by atoms with van der Waals surface area (Å²) >= 11 is 1.55. The number of carbonyl (C=O) groups is 1. The van der Waals surface area contributed by atoms with Gasteiger partial charge in [-0.1, -0.05) is 29.4 Å². The number of rotatable bonds is 7. The molecule has 124 valence electrons. The molecule has 24 heavy (non-hydrogen) atoms. The zero-order valence-electron chi connectivity index (χ0n) is 13.2. The number of aromatic nitrogens is 2. The molecule has 0 saturated carbocycles. The van der Waals surface area contributed by atoms with Gasteiger partial charge in [-0.05, 0) is 17.5 Å². The van der Waals surface area contributed by atoms with Crippen LogP contribution < -0.4 is 10.1 Å². The van der Waals surface area contributed by atoms with Crippen molar-refractivity contribution in [2.75, 3.05) is 7.11 Å². The van der Waals surface area contributed by atoms with Gasteiger partial charge in [0.25, 0.3) is 0 Å². The molecule has 0 atom stereocenters. The number of ether oxygens (including phenoxy) is 1. The van der Waals surface area contributed by atoms with Gasteiger partial charge in [-0.3, -0.25) is 4.79 Å². The molecular weight excluding hydrogens is 326 g/mol. The fraction of sp³-hybridized carbons (Fsp3) is 0.235. The second-order valence-electron chi connectivity index (χ2n) is 5.08. The zero-order chi connectivity index (χ0) is 16.8. The van der Waals surface area contributed by atoms with E-state index >= 15 is 0 Å². The maximum Gasteiger partial charge on any atom is 0.227 e. The normalized spacial score (nSPS) is 10.5. The molecule has 0 saturated heterocycles. The fourth-order valence-corrected chi connectivity index (χ4v) is 2.86. The van der Waals surface area contributed by atoms with Gasteiger partial charge in [-0.15, -0.1) is 11.3 Å². The summed E-state index contributed by atoms with van der Waals surface area (Å²) in [4.78, 5) is 17.2. The van der Waals surface area contributed by atoms with Crippen molar-refractivity contribution >= 4 is 17.2 Å². The van der Waals surface area contributed by atoms with E-state index in [1.54, 1.807) is 18.4 Å². The average Bonchev–Trinajstić information content (AvgIpc) is 3.29. The Kier molecular flexibility index (Phi) is 5.22. The minimum Gasteiger partial charge on any atom is -0.496 e.